The normalized spacial score (nSPS) is 11.3. The van der Waals surface area contributed by atoms with Crippen molar-refractivity contribution in [1.82, 2.24) is 0 Å². The molecule has 0 aromatic heterocycles. The summed E-state index contributed by atoms with van der Waals surface area (Å²) in [5.74, 6) is -1.30. The minimum atomic E-state index is -1.03. The number of carbonyl (C=O) groups excluding carboxylic acids is 4. The molecule has 0 aliphatic rings. The highest BCUT2D eigenvalue weighted by molar-refractivity contribution is 5.99. The van der Waals surface area contributed by atoms with Crippen LogP contribution in [0.2, 0.25) is 0 Å². The lowest BCUT2D eigenvalue weighted by Gasteiger charge is -2.14. The van der Waals surface area contributed by atoms with Gasteiger partial charge in [0.05, 0.1) is 5.56 Å². The smallest absolute Gasteiger partial charge is 0.338 e. The summed E-state index contributed by atoms with van der Waals surface area (Å²) in [6.07, 6.45) is -0.361. The average molecular weight is 339 g/mol. The van der Waals surface area contributed by atoms with E-state index in [0.29, 0.717) is 23.1 Å². The number of aldehydes is 1. The molecule has 25 heavy (non-hydrogen) atoms. The van der Waals surface area contributed by atoms with Crippen LogP contribution in [-0.4, -0.2) is 30.0 Å². The van der Waals surface area contributed by atoms with E-state index in [1.165, 1.54) is 38.1 Å². The van der Waals surface area contributed by atoms with Gasteiger partial charge in [-0.25, -0.2) is 4.79 Å². The first-order valence-corrected chi connectivity index (χ1v) is 7.59. The van der Waals surface area contributed by atoms with Crippen molar-refractivity contribution < 1.29 is 23.9 Å². The van der Waals surface area contributed by atoms with E-state index in [1.54, 1.807) is 24.3 Å². The van der Waals surface area contributed by atoms with Gasteiger partial charge >= 0.3 is 5.97 Å². The van der Waals surface area contributed by atoms with E-state index in [0.717, 1.165) is 0 Å². The van der Waals surface area contributed by atoms with Gasteiger partial charge in [0, 0.05) is 16.8 Å². The van der Waals surface area contributed by atoms with Crippen LogP contribution in [0.15, 0.2) is 48.5 Å². The van der Waals surface area contributed by atoms with Crippen LogP contribution in [0, 0.1) is 0 Å². The Bertz CT molecular complexity index is 811. The molecule has 0 heterocycles. The molecule has 1 amide bonds. The molecule has 6 heteroatoms. The zero-order valence-corrected chi connectivity index (χ0v) is 13.8. The van der Waals surface area contributed by atoms with Crippen molar-refractivity contribution >= 4 is 29.6 Å². The average Bonchev–Trinajstić information content (AvgIpc) is 2.61. The number of rotatable bonds is 6. The van der Waals surface area contributed by atoms with Crippen molar-refractivity contribution in [3.63, 3.8) is 0 Å². The Hall–Kier alpha value is -3.28. The number of hydrogen-bond acceptors (Lipinski definition) is 5. The molecule has 0 fully saturated rings. The molecule has 6 nitrogen and oxygen atoms in total. The van der Waals surface area contributed by atoms with Crippen molar-refractivity contribution in [2.45, 2.75) is 20.0 Å². The Morgan fingerprint density at radius 1 is 1.04 bits per heavy atom. The quantitative estimate of drug-likeness (QED) is 0.496. The Morgan fingerprint density at radius 3 is 2.32 bits per heavy atom. The molecule has 0 saturated heterocycles. The zero-order valence-electron chi connectivity index (χ0n) is 13.8. The van der Waals surface area contributed by atoms with E-state index in [1.807, 2.05) is 0 Å². The summed E-state index contributed by atoms with van der Waals surface area (Å²) in [5.41, 5.74) is 1.59. The van der Waals surface area contributed by atoms with Gasteiger partial charge in [0.25, 0.3) is 5.91 Å². The van der Waals surface area contributed by atoms with Gasteiger partial charge in [0.1, 0.15) is 6.29 Å². The van der Waals surface area contributed by atoms with E-state index < -0.39 is 18.0 Å². The Balaban J connectivity index is 1.99. The van der Waals surface area contributed by atoms with Crippen LogP contribution in [0.3, 0.4) is 0 Å². The molecule has 1 atom stereocenters. The highest BCUT2D eigenvalue weighted by Crippen LogP contribution is 2.13. The molecule has 0 spiro atoms. The second-order valence-electron chi connectivity index (χ2n) is 5.41. The number of anilines is 1. The van der Waals surface area contributed by atoms with Gasteiger partial charge < -0.3 is 10.1 Å². The van der Waals surface area contributed by atoms with Gasteiger partial charge in [-0.15, -0.1) is 0 Å². The summed E-state index contributed by atoms with van der Waals surface area (Å²) >= 11 is 0. The maximum absolute atomic E-state index is 12.1. The summed E-state index contributed by atoms with van der Waals surface area (Å²) in [6, 6.07) is 12.4. The summed E-state index contributed by atoms with van der Waals surface area (Å²) in [7, 11) is 0. The van der Waals surface area contributed by atoms with Gasteiger partial charge in [0.2, 0.25) is 0 Å². The fourth-order valence-electron chi connectivity index (χ4n) is 2.04. The molecule has 2 aromatic rings. The third kappa shape index (κ3) is 4.84. The standard InChI is InChI=1S/C19H17NO5/c1-12(22)16-4-3-5-17(10-16)20-18(23)13(2)25-19(24)15-8-6-14(11-21)7-9-15/h3-11,13H,1-2H3,(H,20,23)/t13-/m0/s1. The van der Waals surface area contributed by atoms with Gasteiger partial charge in [-0.1, -0.05) is 24.3 Å². The van der Waals surface area contributed by atoms with Crippen LogP contribution in [-0.2, 0) is 9.53 Å². The van der Waals surface area contributed by atoms with E-state index in [4.69, 9.17) is 4.74 Å². The van der Waals surface area contributed by atoms with Crippen LogP contribution >= 0.6 is 0 Å². The van der Waals surface area contributed by atoms with E-state index in [2.05, 4.69) is 5.32 Å². The number of ketones is 1. The number of esters is 1. The molecular formula is C19H17NO5. The van der Waals surface area contributed by atoms with Gasteiger partial charge in [-0.2, -0.15) is 0 Å². The molecule has 1 N–H and O–H groups in total. The number of amides is 1. The van der Waals surface area contributed by atoms with E-state index in [9.17, 15) is 19.2 Å². The van der Waals surface area contributed by atoms with Gasteiger partial charge in [-0.05, 0) is 38.1 Å². The monoisotopic (exact) mass is 339 g/mol. The third-order valence-electron chi connectivity index (χ3n) is 3.47. The number of ether oxygens (including phenoxy) is 1. The van der Waals surface area contributed by atoms with E-state index >= 15 is 0 Å². The molecule has 128 valence electrons. The van der Waals surface area contributed by atoms with Crippen molar-refractivity contribution in [3.05, 3.63) is 65.2 Å². The fourth-order valence-corrected chi connectivity index (χ4v) is 2.04. The van der Waals surface area contributed by atoms with Gasteiger partial charge in [-0.3, -0.25) is 14.4 Å². The lowest BCUT2D eigenvalue weighted by molar-refractivity contribution is -0.123. The van der Waals surface area contributed by atoms with E-state index in [-0.39, 0.29) is 11.3 Å². The fraction of sp³-hybridized carbons (Fsp3) is 0.158. The summed E-state index contributed by atoms with van der Waals surface area (Å²) < 4.78 is 5.12. The first-order chi connectivity index (χ1) is 11.9. The molecule has 0 saturated carbocycles. The maximum Gasteiger partial charge on any atom is 0.338 e. The summed E-state index contributed by atoms with van der Waals surface area (Å²) in [5, 5.41) is 2.60. The van der Waals surface area contributed by atoms with Crippen LogP contribution in [0.1, 0.15) is 44.9 Å². The Kier molecular flexibility index (Phi) is 5.79. The van der Waals surface area contributed by atoms with Crippen LogP contribution in [0.5, 0.6) is 0 Å². The summed E-state index contributed by atoms with van der Waals surface area (Å²) in [4.78, 5) is 46.1. The number of Topliss-reactive ketones (excluding diaryl/α,β-unsaturated/α-hetero) is 1. The second kappa shape index (κ2) is 8.01. The minimum absolute atomic E-state index is 0.116. The molecule has 0 radical (unpaired) electrons. The van der Waals surface area contributed by atoms with Crippen molar-refractivity contribution in [3.8, 4) is 0 Å². The maximum atomic E-state index is 12.1. The largest absolute Gasteiger partial charge is 0.449 e. The number of carbonyl (C=O) groups is 4. The predicted molar refractivity (Wildman–Crippen MR) is 91.8 cm³/mol. The first kappa shape index (κ1) is 18.1. The molecule has 0 aliphatic carbocycles. The second-order valence-corrected chi connectivity index (χ2v) is 5.41. The first-order valence-electron chi connectivity index (χ1n) is 7.59. The Labute approximate surface area is 144 Å². The summed E-state index contributed by atoms with van der Waals surface area (Å²) in [6.45, 7) is 2.88. The van der Waals surface area contributed by atoms with Crippen LogP contribution in [0.4, 0.5) is 5.69 Å². The number of benzene rings is 2. The lowest BCUT2D eigenvalue weighted by Crippen LogP contribution is -2.30. The molecule has 2 rings (SSSR count). The predicted octanol–water partition coefficient (Wildman–Crippen LogP) is 2.89. The number of nitrogens with one attached hydrogen (secondary N) is 1. The zero-order chi connectivity index (χ0) is 18.4. The number of hydrogen-bond donors (Lipinski definition) is 1. The lowest BCUT2D eigenvalue weighted by atomic mass is 10.1. The highest BCUT2D eigenvalue weighted by Gasteiger charge is 2.19. The molecule has 2 aromatic carbocycles. The molecular weight excluding hydrogens is 322 g/mol. The Morgan fingerprint density at radius 2 is 1.72 bits per heavy atom. The molecule has 0 unspecified atom stereocenters. The van der Waals surface area contributed by atoms with Crippen LogP contribution in [0.25, 0.3) is 0 Å². The SMILES string of the molecule is CC(=O)c1cccc(NC(=O)[C@H](C)OC(=O)c2ccc(C=O)cc2)c1. The highest BCUT2D eigenvalue weighted by atomic mass is 16.5. The third-order valence-corrected chi connectivity index (χ3v) is 3.47. The molecule has 0 bridgehead atoms. The van der Waals surface area contributed by atoms with Crippen molar-refractivity contribution in [1.29, 1.82) is 0 Å². The van der Waals surface area contributed by atoms with Crippen LogP contribution < -0.4 is 5.32 Å². The topological polar surface area (TPSA) is 89.5 Å². The van der Waals surface area contributed by atoms with Gasteiger partial charge in [0.15, 0.2) is 11.9 Å². The van der Waals surface area contributed by atoms with Crippen molar-refractivity contribution in [2.75, 3.05) is 5.32 Å². The van der Waals surface area contributed by atoms with Crippen molar-refractivity contribution in [2.24, 2.45) is 0 Å². The molecule has 0 aliphatic heterocycles. The minimum Gasteiger partial charge on any atom is -0.449 e.